The first-order valence-corrected chi connectivity index (χ1v) is 5.80. The minimum absolute atomic E-state index is 0.0617. The zero-order chi connectivity index (χ0) is 11.3. The van der Waals surface area contributed by atoms with Gasteiger partial charge in [-0.3, -0.25) is 10.7 Å². The lowest BCUT2D eigenvalue weighted by molar-refractivity contribution is 0.103. The van der Waals surface area contributed by atoms with Crippen LogP contribution >= 0.6 is 0 Å². The third-order valence-corrected chi connectivity index (χ3v) is 3.46. The normalized spacial score (nSPS) is 21.7. The first kappa shape index (κ1) is 12.5. The Morgan fingerprint density at radius 2 is 1.80 bits per heavy atom. The van der Waals surface area contributed by atoms with Crippen LogP contribution in [0.4, 0.5) is 0 Å². The number of terminal acetylenes is 1. The number of nitrogens with one attached hydrogen (secondary N) is 1. The Kier molecular flexibility index (Phi) is 4.59. The minimum Gasteiger partial charge on any atom is -0.296 e. The van der Waals surface area contributed by atoms with Crippen LogP contribution < -0.4 is 11.3 Å². The maximum atomic E-state index is 5.50. The van der Waals surface area contributed by atoms with Crippen molar-refractivity contribution in [1.82, 2.24) is 10.3 Å². The van der Waals surface area contributed by atoms with Gasteiger partial charge in [0.2, 0.25) is 0 Å². The summed E-state index contributed by atoms with van der Waals surface area (Å²) < 4.78 is 0. The second-order valence-electron chi connectivity index (χ2n) is 4.82. The molecule has 3 nitrogen and oxygen atoms in total. The van der Waals surface area contributed by atoms with Crippen molar-refractivity contribution in [3.63, 3.8) is 0 Å². The lowest BCUT2D eigenvalue weighted by Gasteiger charge is -2.41. The van der Waals surface area contributed by atoms with E-state index < -0.39 is 0 Å². The van der Waals surface area contributed by atoms with Gasteiger partial charge >= 0.3 is 0 Å². The smallest absolute Gasteiger partial charge is 0.0992 e. The van der Waals surface area contributed by atoms with Gasteiger partial charge in [0, 0.05) is 5.54 Å². The van der Waals surface area contributed by atoms with Crippen LogP contribution in [0.1, 0.15) is 39.5 Å². The third kappa shape index (κ3) is 2.94. The van der Waals surface area contributed by atoms with Crippen molar-refractivity contribution in [2.24, 2.45) is 5.84 Å². The van der Waals surface area contributed by atoms with Crippen LogP contribution in [0.25, 0.3) is 0 Å². The molecule has 1 fully saturated rings. The Balaban J connectivity index is 2.69. The van der Waals surface area contributed by atoms with Crippen molar-refractivity contribution in [3.8, 4) is 12.3 Å². The predicted octanol–water partition coefficient (Wildman–Crippen LogP) is 1.11. The molecule has 1 aliphatic rings. The van der Waals surface area contributed by atoms with Gasteiger partial charge in [0.25, 0.3) is 0 Å². The summed E-state index contributed by atoms with van der Waals surface area (Å²) in [7, 11) is 0. The highest BCUT2D eigenvalue weighted by molar-refractivity contribution is 5.10. The topological polar surface area (TPSA) is 41.3 Å². The van der Waals surface area contributed by atoms with Gasteiger partial charge in [-0.25, -0.2) is 5.43 Å². The third-order valence-electron chi connectivity index (χ3n) is 3.46. The lowest BCUT2D eigenvalue weighted by Crippen LogP contribution is -2.59. The molecule has 0 amide bonds. The molecule has 1 rings (SSSR count). The molecule has 15 heavy (non-hydrogen) atoms. The van der Waals surface area contributed by atoms with Crippen molar-refractivity contribution < 1.29 is 0 Å². The van der Waals surface area contributed by atoms with Crippen LogP contribution in [-0.2, 0) is 0 Å². The van der Waals surface area contributed by atoms with E-state index in [-0.39, 0.29) is 11.6 Å². The van der Waals surface area contributed by atoms with E-state index >= 15 is 0 Å². The van der Waals surface area contributed by atoms with E-state index in [2.05, 4.69) is 30.1 Å². The van der Waals surface area contributed by atoms with Gasteiger partial charge in [-0.1, -0.05) is 18.8 Å². The zero-order valence-corrected chi connectivity index (χ0v) is 9.92. The van der Waals surface area contributed by atoms with Gasteiger partial charge in [0.15, 0.2) is 0 Å². The number of likely N-dealkylation sites (tertiary alicyclic amines) is 1. The molecule has 0 aliphatic carbocycles. The van der Waals surface area contributed by atoms with Gasteiger partial charge in [0.05, 0.1) is 6.04 Å². The summed E-state index contributed by atoms with van der Waals surface area (Å²) >= 11 is 0. The first-order valence-electron chi connectivity index (χ1n) is 5.80. The van der Waals surface area contributed by atoms with Gasteiger partial charge in [0.1, 0.15) is 0 Å². The summed E-state index contributed by atoms with van der Waals surface area (Å²) in [6.45, 7) is 6.60. The molecule has 0 radical (unpaired) electrons. The second-order valence-corrected chi connectivity index (χ2v) is 4.82. The average Bonchev–Trinajstić information content (AvgIpc) is 2.47. The molecule has 3 N–H and O–H groups in total. The highest BCUT2D eigenvalue weighted by Crippen LogP contribution is 2.22. The van der Waals surface area contributed by atoms with Gasteiger partial charge < -0.3 is 0 Å². The summed E-state index contributed by atoms with van der Waals surface area (Å²) in [4.78, 5) is 2.46. The average molecular weight is 209 g/mol. The van der Waals surface area contributed by atoms with Crippen LogP contribution in [0.5, 0.6) is 0 Å². The number of hydrogen-bond acceptors (Lipinski definition) is 3. The van der Waals surface area contributed by atoms with Crippen LogP contribution in [0.15, 0.2) is 0 Å². The Morgan fingerprint density at radius 1 is 1.27 bits per heavy atom. The van der Waals surface area contributed by atoms with E-state index in [0.717, 1.165) is 13.1 Å². The minimum atomic E-state index is -0.0874. The SMILES string of the molecule is C#CC(NN)C(C)(C)N1CCCCCC1. The molecule has 0 bridgehead atoms. The summed E-state index contributed by atoms with van der Waals surface area (Å²) in [6.07, 6.45) is 10.7. The molecule has 1 atom stereocenters. The molecule has 86 valence electrons. The molecule has 1 unspecified atom stereocenters. The van der Waals surface area contributed by atoms with Crippen molar-refractivity contribution in [2.75, 3.05) is 13.1 Å². The summed E-state index contributed by atoms with van der Waals surface area (Å²) in [5.41, 5.74) is 2.67. The summed E-state index contributed by atoms with van der Waals surface area (Å²) in [6, 6.07) is -0.0874. The number of nitrogens with two attached hydrogens (primary N) is 1. The fourth-order valence-electron chi connectivity index (χ4n) is 2.29. The fourth-order valence-corrected chi connectivity index (χ4v) is 2.29. The highest BCUT2D eigenvalue weighted by atomic mass is 15.3. The van der Waals surface area contributed by atoms with E-state index in [1.165, 1.54) is 25.7 Å². The van der Waals surface area contributed by atoms with Gasteiger partial charge in [-0.15, -0.1) is 6.42 Å². The van der Waals surface area contributed by atoms with Crippen molar-refractivity contribution >= 4 is 0 Å². The van der Waals surface area contributed by atoms with E-state index in [0.29, 0.717) is 0 Å². The Labute approximate surface area is 93.4 Å². The molecular weight excluding hydrogens is 186 g/mol. The standard InChI is InChI=1S/C12H23N3/c1-4-11(14-13)12(2,3)15-9-7-5-6-8-10-15/h1,11,14H,5-10,13H2,2-3H3. The number of rotatable bonds is 3. The Morgan fingerprint density at radius 3 is 2.20 bits per heavy atom. The number of hydrazine groups is 1. The molecule has 1 aliphatic heterocycles. The van der Waals surface area contributed by atoms with Crippen LogP contribution in [-0.4, -0.2) is 29.6 Å². The van der Waals surface area contributed by atoms with Crippen LogP contribution in [0.3, 0.4) is 0 Å². The summed E-state index contributed by atoms with van der Waals surface area (Å²) in [5.74, 6) is 8.23. The largest absolute Gasteiger partial charge is 0.296 e. The molecule has 0 spiro atoms. The van der Waals surface area contributed by atoms with E-state index in [1.807, 2.05) is 0 Å². The van der Waals surface area contributed by atoms with Gasteiger partial charge in [-0.05, 0) is 39.8 Å². The van der Waals surface area contributed by atoms with E-state index in [9.17, 15) is 0 Å². The molecule has 0 saturated carbocycles. The quantitative estimate of drug-likeness (QED) is 0.415. The highest BCUT2D eigenvalue weighted by Gasteiger charge is 2.33. The molecule has 3 heteroatoms. The molecule has 0 aromatic carbocycles. The van der Waals surface area contributed by atoms with Crippen molar-refractivity contribution in [3.05, 3.63) is 0 Å². The van der Waals surface area contributed by atoms with Gasteiger partial charge in [-0.2, -0.15) is 0 Å². The monoisotopic (exact) mass is 209 g/mol. The van der Waals surface area contributed by atoms with Crippen LogP contribution in [0, 0.1) is 12.3 Å². The fraction of sp³-hybridized carbons (Fsp3) is 0.833. The maximum absolute atomic E-state index is 5.50. The number of hydrogen-bond donors (Lipinski definition) is 2. The van der Waals surface area contributed by atoms with Crippen molar-refractivity contribution in [2.45, 2.75) is 51.1 Å². The van der Waals surface area contributed by atoms with E-state index in [1.54, 1.807) is 0 Å². The summed E-state index contributed by atoms with van der Waals surface area (Å²) in [5, 5.41) is 0. The lowest BCUT2D eigenvalue weighted by atomic mass is 9.93. The first-order chi connectivity index (χ1) is 7.12. The van der Waals surface area contributed by atoms with Crippen molar-refractivity contribution in [1.29, 1.82) is 0 Å². The van der Waals surface area contributed by atoms with Crippen LogP contribution in [0.2, 0.25) is 0 Å². The maximum Gasteiger partial charge on any atom is 0.0992 e. The molecule has 0 aromatic rings. The van der Waals surface area contributed by atoms with E-state index in [4.69, 9.17) is 12.3 Å². The molecule has 1 heterocycles. The zero-order valence-electron chi connectivity index (χ0n) is 9.92. The Bertz CT molecular complexity index is 222. The molecule has 1 saturated heterocycles. The Hall–Kier alpha value is -0.560. The number of nitrogens with zero attached hydrogens (tertiary/aromatic N) is 1. The molecular formula is C12H23N3. The molecule has 0 aromatic heterocycles. The second kappa shape index (κ2) is 5.50. The predicted molar refractivity (Wildman–Crippen MR) is 64.1 cm³/mol.